The van der Waals surface area contributed by atoms with Crippen LogP contribution in [-0.2, 0) is 15.5 Å². The van der Waals surface area contributed by atoms with E-state index in [1.165, 1.54) is 0 Å². The zero-order valence-electron chi connectivity index (χ0n) is 17.0. The number of hydrogen-bond donors (Lipinski definition) is 2. The van der Waals surface area contributed by atoms with Gasteiger partial charge < -0.3 is 20.3 Å². The Labute approximate surface area is 179 Å². The molecular formula is C18H39IN4O2S. The lowest BCUT2D eigenvalue weighted by atomic mass is 9.95. The third-order valence-electron chi connectivity index (χ3n) is 4.61. The highest BCUT2D eigenvalue weighted by molar-refractivity contribution is 14.0. The van der Waals surface area contributed by atoms with E-state index in [4.69, 9.17) is 9.73 Å². The normalized spacial score (nSPS) is 22.0. The molecule has 0 aliphatic heterocycles. The third kappa shape index (κ3) is 11.0. The van der Waals surface area contributed by atoms with Crippen LogP contribution in [-0.4, -0.2) is 79.1 Å². The molecule has 1 aliphatic carbocycles. The van der Waals surface area contributed by atoms with Crippen molar-refractivity contribution in [1.29, 1.82) is 0 Å². The van der Waals surface area contributed by atoms with E-state index in [9.17, 15) is 4.21 Å². The molecule has 26 heavy (non-hydrogen) atoms. The molecule has 2 N–H and O–H groups in total. The number of nitrogens with one attached hydrogen (secondary N) is 2. The van der Waals surface area contributed by atoms with Crippen LogP contribution < -0.4 is 10.6 Å². The summed E-state index contributed by atoms with van der Waals surface area (Å²) in [6.45, 7) is 8.52. The van der Waals surface area contributed by atoms with Crippen molar-refractivity contribution in [2.75, 3.05) is 52.7 Å². The van der Waals surface area contributed by atoms with E-state index >= 15 is 0 Å². The van der Waals surface area contributed by atoms with Crippen molar-refractivity contribution in [2.24, 2.45) is 4.99 Å². The van der Waals surface area contributed by atoms with E-state index in [0.717, 1.165) is 76.6 Å². The number of hydrogen-bond acceptors (Lipinski definition) is 4. The summed E-state index contributed by atoms with van der Waals surface area (Å²) in [7, 11) is 3.16. The SMILES string of the molecule is CCNC(=NCCCN(C)CCOC)NC1CCCC(S(=O)CC)C1.I. The van der Waals surface area contributed by atoms with Crippen LogP contribution in [0.15, 0.2) is 4.99 Å². The molecule has 1 aliphatic rings. The Morgan fingerprint density at radius 2 is 2.08 bits per heavy atom. The van der Waals surface area contributed by atoms with E-state index in [0.29, 0.717) is 11.3 Å². The maximum atomic E-state index is 12.1. The van der Waals surface area contributed by atoms with Gasteiger partial charge >= 0.3 is 0 Å². The molecule has 0 spiro atoms. The average Bonchev–Trinajstić information content (AvgIpc) is 2.63. The van der Waals surface area contributed by atoms with Gasteiger partial charge in [-0.05, 0) is 46.2 Å². The van der Waals surface area contributed by atoms with Crippen molar-refractivity contribution in [3.63, 3.8) is 0 Å². The first-order chi connectivity index (χ1) is 12.1. The zero-order chi connectivity index (χ0) is 18.5. The van der Waals surface area contributed by atoms with Crippen molar-refractivity contribution >= 4 is 40.7 Å². The second kappa shape index (κ2) is 16.1. The molecule has 8 heteroatoms. The van der Waals surface area contributed by atoms with Gasteiger partial charge in [-0.15, -0.1) is 24.0 Å². The van der Waals surface area contributed by atoms with Gasteiger partial charge in [0.15, 0.2) is 5.96 Å². The molecule has 6 nitrogen and oxygen atoms in total. The van der Waals surface area contributed by atoms with Crippen LogP contribution in [0.2, 0.25) is 0 Å². The van der Waals surface area contributed by atoms with Crippen LogP contribution >= 0.6 is 24.0 Å². The molecule has 0 heterocycles. The predicted molar refractivity (Wildman–Crippen MR) is 123 cm³/mol. The number of halogens is 1. The molecular weight excluding hydrogens is 463 g/mol. The van der Waals surface area contributed by atoms with Gasteiger partial charge in [-0.25, -0.2) is 0 Å². The Morgan fingerprint density at radius 3 is 2.73 bits per heavy atom. The van der Waals surface area contributed by atoms with Gasteiger partial charge in [0.1, 0.15) is 0 Å². The van der Waals surface area contributed by atoms with E-state index in [-0.39, 0.29) is 24.0 Å². The van der Waals surface area contributed by atoms with Gasteiger partial charge in [0.2, 0.25) is 0 Å². The molecule has 0 saturated heterocycles. The molecule has 1 saturated carbocycles. The van der Waals surface area contributed by atoms with Gasteiger partial charge in [-0.3, -0.25) is 9.20 Å². The summed E-state index contributed by atoms with van der Waals surface area (Å²) < 4.78 is 17.2. The first kappa shape index (κ1) is 26.1. The smallest absolute Gasteiger partial charge is 0.191 e. The Kier molecular flexibility index (Phi) is 16.1. The van der Waals surface area contributed by atoms with Crippen molar-refractivity contribution in [1.82, 2.24) is 15.5 Å². The summed E-state index contributed by atoms with van der Waals surface area (Å²) in [5.74, 6) is 1.66. The Morgan fingerprint density at radius 1 is 1.31 bits per heavy atom. The zero-order valence-corrected chi connectivity index (χ0v) is 20.1. The number of aliphatic imine (C=N–C) groups is 1. The topological polar surface area (TPSA) is 66.0 Å². The average molecular weight is 503 g/mol. The fraction of sp³-hybridized carbons (Fsp3) is 0.944. The molecule has 0 aromatic rings. The van der Waals surface area contributed by atoms with E-state index in [2.05, 4.69) is 29.5 Å². The summed E-state index contributed by atoms with van der Waals surface area (Å²) in [5, 5.41) is 7.24. The highest BCUT2D eigenvalue weighted by atomic mass is 127. The highest BCUT2D eigenvalue weighted by Crippen LogP contribution is 2.22. The molecule has 3 unspecified atom stereocenters. The van der Waals surface area contributed by atoms with Gasteiger partial charge in [-0.1, -0.05) is 13.3 Å². The number of guanidine groups is 1. The second-order valence-electron chi connectivity index (χ2n) is 6.71. The summed E-state index contributed by atoms with van der Waals surface area (Å²) in [6, 6.07) is 0.386. The molecule has 0 radical (unpaired) electrons. The predicted octanol–water partition coefficient (Wildman–Crippen LogP) is 2.21. The standard InChI is InChI=1S/C18H38N4O2S.HI/c1-5-19-18(20-11-8-12-22(3)13-14-24-4)21-16-9-7-10-17(15-16)25(23)6-2;/h16-17H,5-15H2,1-4H3,(H2,19,20,21);1H. The first-order valence-electron chi connectivity index (χ1n) is 9.70. The molecule has 0 amide bonds. The first-order valence-corrected chi connectivity index (χ1v) is 11.1. The highest BCUT2D eigenvalue weighted by Gasteiger charge is 2.25. The number of ether oxygens (including phenoxy) is 1. The van der Waals surface area contributed by atoms with Gasteiger partial charge in [0.25, 0.3) is 0 Å². The largest absolute Gasteiger partial charge is 0.383 e. The Bertz CT molecular complexity index is 413. The number of rotatable bonds is 11. The minimum absolute atomic E-state index is 0. The quantitative estimate of drug-likeness (QED) is 0.196. The second-order valence-corrected chi connectivity index (χ2v) is 8.72. The van der Waals surface area contributed by atoms with Crippen molar-refractivity contribution in [3.05, 3.63) is 0 Å². The molecule has 0 bridgehead atoms. The van der Waals surface area contributed by atoms with Crippen LogP contribution in [0.4, 0.5) is 0 Å². The Balaban J connectivity index is 0.00000625. The summed E-state index contributed by atoms with van der Waals surface area (Å²) in [6.07, 6.45) is 5.41. The van der Waals surface area contributed by atoms with Gasteiger partial charge in [0, 0.05) is 54.6 Å². The van der Waals surface area contributed by atoms with Crippen LogP contribution in [0.25, 0.3) is 0 Å². The van der Waals surface area contributed by atoms with E-state index < -0.39 is 10.8 Å². The number of nitrogens with zero attached hydrogens (tertiary/aromatic N) is 2. The lowest BCUT2D eigenvalue weighted by Gasteiger charge is -2.30. The fourth-order valence-electron chi connectivity index (χ4n) is 3.15. The van der Waals surface area contributed by atoms with Crippen LogP contribution in [0.1, 0.15) is 46.0 Å². The van der Waals surface area contributed by atoms with Gasteiger partial charge in [0.05, 0.1) is 6.61 Å². The van der Waals surface area contributed by atoms with Crippen molar-refractivity contribution in [2.45, 2.75) is 57.2 Å². The lowest BCUT2D eigenvalue weighted by molar-refractivity contribution is 0.161. The monoisotopic (exact) mass is 502 g/mol. The molecule has 0 aromatic heterocycles. The maximum Gasteiger partial charge on any atom is 0.191 e. The molecule has 1 rings (SSSR count). The van der Waals surface area contributed by atoms with Gasteiger partial charge in [-0.2, -0.15) is 0 Å². The van der Waals surface area contributed by atoms with Crippen LogP contribution in [0, 0.1) is 0 Å². The maximum absolute atomic E-state index is 12.1. The minimum atomic E-state index is -0.684. The molecule has 0 aromatic carbocycles. The van der Waals surface area contributed by atoms with Crippen molar-refractivity contribution in [3.8, 4) is 0 Å². The van der Waals surface area contributed by atoms with E-state index in [1.54, 1.807) is 7.11 Å². The number of likely N-dealkylation sites (N-methyl/N-ethyl adjacent to an activating group) is 1. The molecule has 156 valence electrons. The fourth-order valence-corrected chi connectivity index (χ4v) is 4.50. The minimum Gasteiger partial charge on any atom is -0.383 e. The summed E-state index contributed by atoms with van der Waals surface area (Å²) in [4.78, 5) is 6.98. The van der Waals surface area contributed by atoms with Crippen molar-refractivity contribution < 1.29 is 8.95 Å². The number of methoxy groups -OCH3 is 1. The third-order valence-corrected chi connectivity index (χ3v) is 6.35. The summed E-state index contributed by atoms with van der Waals surface area (Å²) >= 11 is 0. The molecule has 1 fully saturated rings. The van der Waals surface area contributed by atoms with E-state index in [1.807, 2.05) is 6.92 Å². The Hall–Kier alpha value is 0.0700. The molecule has 3 atom stereocenters. The van der Waals surface area contributed by atoms with Crippen LogP contribution in [0.3, 0.4) is 0 Å². The lowest BCUT2D eigenvalue weighted by Crippen LogP contribution is -2.46. The van der Waals surface area contributed by atoms with Crippen LogP contribution in [0.5, 0.6) is 0 Å². The summed E-state index contributed by atoms with van der Waals surface area (Å²) in [5.41, 5.74) is 0.